The van der Waals surface area contributed by atoms with Gasteiger partial charge in [0.05, 0.1) is 0 Å². The molecule has 0 aliphatic rings. The highest BCUT2D eigenvalue weighted by Crippen LogP contribution is 2.14. The lowest BCUT2D eigenvalue weighted by molar-refractivity contribution is 0.545. The third-order valence-electron chi connectivity index (χ3n) is 2.98. The van der Waals surface area contributed by atoms with Gasteiger partial charge in [0.1, 0.15) is 0 Å². The third-order valence-corrected chi connectivity index (χ3v) is 3.35. The maximum atomic E-state index is 6.13. The minimum Gasteiger partial charge on any atom is -0.310 e. The van der Waals surface area contributed by atoms with E-state index in [4.69, 9.17) is 11.6 Å². The molecule has 1 atom stereocenters. The number of benzene rings is 2. The summed E-state index contributed by atoms with van der Waals surface area (Å²) in [5, 5.41) is 4.33. The summed E-state index contributed by atoms with van der Waals surface area (Å²) in [5.74, 6) is 0. The molecular weight excluding hydrogens is 277 g/mol. The Bertz CT molecular complexity index is 485. The van der Waals surface area contributed by atoms with Crippen molar-refractivity contribution in [2.45, 2.75) is 25.9 Å². The van der Waals surface area contributed by atoms with E-state index >= 15 is 0 Å². The van der Waals surface area contributed by atoms with Gasteiger partial charge in [-0.1, -0.05) is 60.1 Å². The van der Waals surface area contributed by atoms with Crippen LogP contribution in [0.4, 0.5) is 0 Å². The van der Waals surface area contributed by atoms with E-state index in [1.807, 2.05) is 24.3 Å². The van der Waals surface area contributed by atoms with Crippen molar-refractivity contribution in [3.8, 4) is 0 Å². The maximum absolute atomic E-state index is 6.13. The Morgan fingerprint density at radius 1 is 1.00 bits per heavy atom. The van der Waals surface area contributed by atoms with Crippen molar-refractivity contribution in [1.29, 1.82) is 0 Å². The zero-order chi connectivity index (χ0) is 12.8. The fourth-order valence-corrected chi connectivity index (χ4v) is 2.17. The van der Waals surface area contributed by atoms with Gasteiger partial charge in [0.15, 0.2) is 0 Å². The van der Waals surface area contributed by atoms with E-state index in [0.29, 0.717) is 6.04 Å². The highest BCUT2D eigenvalue weighted by atomic mass is 35.5. The second-order valence-electron chi connectivity index (χ2n) is 4.56. The van der Waals surface area contributed by atoms with E-state index in [0.717, 1.165) is 23.6 Å². The summed E-state index contributed by atoms with van der Waals surface area (Å²) in [6.07, 6.45) is 1.03. The lowest BCUT2D eigenvalue weighted by Gasteiger charge is -2.14. The van der Waals surface area contributed by atoms with Gasteiger partial charge in [-0.3, -0.25) is 0 Å². The van der Waals surface area contributed by atoms with Gasteiger partial charge in [0, 0.05) is 17.6 Å². The van der Waals surface area contributed by atoms with Crippen molar-refractivity contribution in [2.24, 2.45) is 0 Å². The van der Waals surface area contributed by atoms with E-state index in [9.17, 15) is 0 Å². The average Bonchev–Trinajstić information content (AvgIpc) is 2.39. The van der Waals surface area contributed by atoms with Gasteiger partial charge in [-0.25, -0.2) is 0 Å². The standard InChI is InChI=1S/C16H18ClN.ClH/c1-13(11-14-7-3-2-4-8-14)18-12-15-9-5-6-10-16(15)17;/h2-10,13,18H,11-12H2,1H3;1H/t13-;/m0./s1. The molecule has 0 spiro atoms. The average molecular weight is 296 g/mol. The van der Waals surface area contributed by atoms with Crippen LogP contribution in [0, 0.1) is 0 Å². The number of rotatable bonds is 5. The molecule has 0 radical (unpaired) electrons. The summed E-state index contributed by atoms with van der Waals surface area (Å²) < 4.78 is 0. The van der Waals surface area contributed by atoms with Crippen LogP contribution in [-0.4, -0.2) is 6.04 Å². The normalized spacial score (nSPS) is 11.7. The molecule has 0 saturated carbocycles. The van der Waals surface area contributed by atoms with Gasteiger partial charge in [-0.05, 0) is 30.5 Å². The molecule has 19 heavy (non-hydrogen) atoms. The zero-order valence-electron chi connectivity index (χ0n) is 11.0. The highest BCUT2D eigenvalue weighted by Gasteiger charge is 2.04. The number of halogens is 2. The quantitative estimate of drug-likeness (QED) is 0.857. The summed E-state index contributed by atoms with van der Waals surface area (Å²) >= 11 is 6.13. The summed E-state index contributed by atoms with van der Waals surface area (Å²) in [6.45, 7) is 3.01. The summed E-state index contributed by atoms with van der Waals surface area (Å²) in [4.78, 5) is 0. The van der Waals surface area contributed by atoms with Crippen LogP contribution < -0.4 is 5.32 Å². The molecule has 102 valence electrons. The Balaban J connectivity index is 0.00000180. The topological polar surface area (TPSA) is 12.0 Å². The van der Waals surface area contributed by atoms with Crippen LogP contribution in [0.5, 0.6) is 0 Å². The Hall–Kier alpha value is -1.02. The van der Waals surface area contributed by atoms with Crippen molar-refractivity contribution >= 4 is 24.0 Å². The minimum atomic E-state index is 0. The van der Waals surface area contributed by atoms with Crippen molar-refractivity contribution in [3.63, 3.8) is 0 Å². The largest absolute Gasteiger partial charge is 0.310 e. The minimum absolute atomic E-state index is 0. The van der Waals surface area contributed by atoms with Crippen LogP contribution in [0.25, 0.3) is 0 Å². The monoisotopic (exact) mass is 295 g/mol. The molecule has 0 bridgehead atoms. The van der Waals surface area contributed by atoms with E-state index in [1.165, 1.54) is 5.56 Å². The van der Waals surface area contributed by atoms with E-state index in [-0.39, 0.29) is 12.4 Å². The smallest absolute Gasteiger partial charge is 0.0450 e. The lowest BCUT2D eigenvalue weighted by atomic mass is 10.1. The fourth-order valence-electron chi connectivity index (χ4n) is 1.97. The molecular formula is C16H19Cl2N. The summed E-state index contributed by atoms with van der Waals surface area (Å²) in [7, 11) is 0. The second-order valence-corrected chi connectivity index (χ2v) is 4.97. The van der Waals surface area contributed by atoms with Crippen LogP contribution >= 0.6 is 24.0 Å². The first kappa shape index (κ1) is 16.0. The number of hydrogen-bond acceptors (Lipinski definition) is 1. The molecule has 0 aliphatic carbocycles. The van der Waals surface area contributed by atoms with Crippen molar-refractivity contribution in [3.05, 3.63) is 70.7 Å². The zero-order valence-corrected chi connectivity index (χ0v) is 12.5. The van der Waals surface area contributed by atoms with Gasteiger partial charge < -0.3 is 5.32 Å². The SMILES string of the molecule is C[C@@H](Cc1ccccc1)NCc1ccccc1Cl.Cl. The fraction of sp³-hybridized carbons (Fsp3) is 0.250. The van der Waals surface area contributed by atoms with E-state index < -0.39 is 0 Å². The first-order valence-corrected chi connectivity index (χ1v) is 6.64. The first-order valence-electron chi connectivity index (χ1n) is 6.26. The van der Waals surface area contributed by atoms with Crippen LogP contribution in [0.2, 0.25) is 5.02 Å². The number of hydrogen-bond donors (Lipinski definition) is 1. The lowest BCUT2D eigenvalue weighted by Crippen LogP contribution is -2.27. The Labute approximate surface area is 126 Å². The second kappa shape index (κ2) is 8.21. The van der Waals surface area contributed by atoms with Crippen LogP contribution in [-0.2, 0) is 13.0 Å². The molecule has 0 amide bonds. The number of nitrogens with one attached hydrogen (secondary N) is 1. The Morgan fingerprint density at radius 2 is 1.63 bits per heavy atom. The molecule has 1 nitrogen and oxygen atoms in total. The molecule has 2 aromatic rings. The van der Waals surface area contributed by atoms with E-state index in [1.54, 1.807) is 0 Å². The predicted molar refractivity (Wildman–Crippen MR) is 85.1 cm³/mol. The van der Waals surface area contributed by atoms with Gasteiger partial charge >= 0.3 is 0 Å². The molecule has 0 heterocycles. The first-order chi connectivity index (χ1) is 8.75. The summed E-state index contributed by atoms with van der Waals surface area (Å²) in [5.41, 5.74) is 2.51. The van der Waals surface area contributed by atoms with Gasteiger partial charge in [-0.2, -0.15) is 0 Å². The molecule has 0 fully saturated rings. The maximum Gasteiger partial charge on any atom is 0.0450 e. The molecule has 1 N–H and O–H groups in total. The van der Waals surface area contributed by atoms with Crippen molar-refractivity contribution in [2.75, 3.05) is 0 Å². The van der Waals surface area contributed by atoms with Crippen LogP contribution in [0.1, 0.15) is 18.1 Å². The van der Waals surface area contributed by atoms with Gasteiger partial charge in [0.25, 0.3) is 0 Å². The highest BCUT2D eigenvalue weighted by molar-refractivity contribution is 6.31. The molecule has 0 saturated heterocycles. The van der Waals surface area contributed by atoms with E-state index in [2.05, 4.69) is 42.6 Å². The molecule has 0 aromatic heterocycles. The van der Waals surface area contributed by atoms with Gasteiger partial charge in [0.2, 0.25) is 0 Å². The summed E-state index contributed by atoms with van der Waals surface area (Å²) in [6, 6.07) is 18.9. The van der Waals surface area contributed by atoms with Crippen molar-refractivity contribution < 1.29 is 0 Å². The molecule has 2 rings (SSSR count). The Morgan fingerprint density at radius 3 is 2.32 bits per heavy atom. The molecule has 2 aromatic carbocycles. The van der Waals surface area contributed by atoms with Crippen molar-refractivity contribution in [1.82, 2.24) is 5.32 Å². The van der Waals surface area contributed by atoms with Crippen LogP contribution in [0.3, 0.4) is 0 Å². The Kier molecular flexibility index (Phi) is 6.93. The molecule has 0 aliphatic heterocycles. The molecule has 0 unspecified atom stereocenters. The predicted octanol–water partition coefficient (Wildman–Crippen LogP) is 4.48. The molecule has 3 heteroatoms. The van der Waals surface area contributed by atoms with Gasteiger partial charge in [-0.15, -0.1) is 12.4 Å². The third kappa shape index (κ3) is 5.23. The van der Waals surface area contributed by atoms with Crippen LogP contribution in [0.15, 0.2) is 54.6 Å².